The molecule has 0 bridgehead atoms. The number of rotatable bonds is 4. The fourth-order valence-corrected chi connectivity index (χ4v) is 1.61. The first-order valence-corrected chi connectivity index (χ1v) is 7.15. The topological polar surface area (TPSA) is 44.8 Å². The molecule has 0 radical (unpaired) electrons. The molecule has 0 aromatic carbocycles. The zero-order chi connectivity index (χ0) is 15.6. The van der Waals surface area contributed by atoms with E-state index < -0.39 is 5.41 Å². The minimum absolute atomic E-state index is 0.179. The van der Waals surface area contributed by atoms with E-state index in [0.29, 0.717) is 13.0 Å². The van der Waals surface area contributed by atoms with Crippen LogP contribution in [0.2, 0.25) is 0 Å². The van der Waals surface area contributed by atoms with Gasteiger partial charge in [-0.05, 0) is 54.9 Å². The second kappa shape index (κ2) is 5.90. The van der Waals surface area contributed by atoms with Crippen molar-refractivity contribution in [1.82, 2.24) is 0 Å². The summed E-state index contributed by atoms with van der Waals surface area (Å²) in [4.78, 5) is 11.6. The molecule has 0 unspecified atom stereocenters. The van der Waals surface area contributed by atoms with E-state index >= 15 is 0 Å². The Labute approximate surface area is 123 Å². The Kier molecular flexibility index (Phi) is 5.09. The van der Waals surface area contributed by atoms with Gasteiger partial charge in [0.1, 0.15) is 0 Å². The Bertz CT molecular complexity index is 364. The number of hydrogen-bond acceptors (Lipinski definition) is 4. The zero-order valence-corrected chi connectivity index (χ0v) is 13.8. The molecule has 0 amide bonds. The van der Waals surface area contributed by atoms with Gasteiger partial charge in [-0.1, -0.05) is 12.1 Å². The van der Waals surface area contributed by atoms with Crippen LogP contribution in [0.3, 0.4) is 0 Å². The van der Waals surface area contributed by atoms with E-state index in [0.717, 1.165) is 0 Å². The number of ether oxygens (including phenoxy) is 1. The van der Waals surface area contributed by atoms with Gasteiger partial charge in [0.05, 0.1) is 23.2 Å². The minimum Gasteiger partial charge on any atom is -0.465 e. The monoisotopic (exact) mass is 282 g/mol. The van der Waals surface area contributed by atoms with Crippen LogP contribution in [0.4, 0.5) is 0 Å². The smallest absolute Gasteiger partial charge is 0.465 e. The molecule has 1 fully saturated rings. The molecule has 1 aliphatic heterocycles. The molecule has 1 heterocycles. The number of carbonyl (C=O) groups is 1. The number of hydrogen-bond donors (Lipinski definition) is 0. The Morgan fingerprint density at radius 2 is 1.65 bits per heavy atom. The summed E-state index contributed by atoms with van der Waals surface area (Å²) < 4.78 is 16.8. The highest BCUT2D eigenvalue weighted by Gasteiger charge is 2.49. The summed E-state index contributed by atoms with van der Waals surface area (Å²) >= 11 is 0. The molecule has 0 N–H and O–H groups in total. The highest BCUT2D eigenvalue weighted by Crippen LogP contribution is 2.36. The van der Waals surface area contributed by atoms with Crippen LogP contribution in [0, 0.1) is 5.41 Å². The molecular weight excluding hydrogens is 255 g/mol. The van der Waals surface area contributed by atoms with Crippen molar-refractivity contribution in [2.24, 2.45) is 5.41 Å². The quantitative estimate of drug-likeness (QED) is 0.451. The van der Waals surface area contributed by atoms with Gasteiger partial charge in [0.2, 0.25) is 0 Å². The standard InChI is InChI=1S/C15H27BO4/c1-13(2,3)12(17)18-11-9-8-10-16-19-14(4,5)15(6,7)20-16/h8,10H,9,11H2,1-7H3/b10-8+. The van der Waals surface area contributed by atoms with Gasteiger partial charge in [0, 0.05) is 0 Å². The third kappa shape index (κ3) is 4.35. The van der Waals surface area contributed by atoms with Gasteiger partial charge in [-0.15, -0.1) is 0 Å². The lowest BCUT2D eigenvalue weighted by Crippen LogP contribution is -2.41. The summed E-state index contributed by atoms with van der Waals surface area (Å²) in [6.45, 7) is 14.0. The average molecular weight is 282 g/mol. The lowest BCUT2D eigenvalue weighted by molar-refractivity contribution is -0.152. The van der Waals surface area contributed by atoms with Crippen molar-refractivity contribution in [2.75, 3.05) is 6.61 Å². The third-order valence-electron chi connectivity index (χ3n) is 3.69. The van der Waals surface area contributed by atoms with E-state index in [1.807, 2.05) is 60.5 Å². The van der Waals surface area contributed by atoms with E-state index in [1.54, 1.807) is 0 Å². The van der Waals surface area contributed by atoms with Crippen molar-refractivity contribution in [2.45, 2.75) is 66.1 Å². The van der Waals surface area contributed by atoms with Gasteiger partial charge >= 0.3 is 13.1 Å². The van der Waals surface area contributed by atoms with Crippen molar-refractivity contribution in [1.29, 1.82) is 0 Å². The van der Waals surface area contributed by atoms with Crippen molar-refractivity contribution >= 4 is 13.1 Å². The van der Waals surface area contributed by atoms with Crippen LogP contribution in [0.1, 0.15) is 54.9 Å². The molecule has 1 aliphatic rings. The number of carbonyl (C=O) groups excluding carboxylic acids is 1. The van der Waals surface area contributed by atoms with Crippen molar-refractivity contribution in [3.8, 4) is 0 Å². The predicted molar refractivity (Wildman–Crippen MR) is 80.3 cm³/mol. The highest BCUT2D eigenvalue weighted by atomic mass is 16.7. The van der Waals surface area contributed by atoms with E-state index in [2.05, 4.69) is 0 Å². The van der Waals surface area contributed by atoms with E-state index in [-0.39, 0.29) is 24.3 Å². The zero-order valence-electron chi connectivity index (χ0n) is 13.8. The van der Waals surface area contributed by atoms with Gasteiger partial charge in [-0.25, -0.2) is 0 Å². The molecular formula is C15H27BO4. The first-order chi connectivity index (χ1) is 8.96. The van der Waals surface area contributed by atoms with Gasteiger partial charge < -0.3 is 14.0 Å². The van der Waals surface area contributed by atoms with Gasteiger partial charge in [0.25, 0.3) is 0 Å². The minimum atomic E-state index is -0.449. The Morgan fingerprint density at radius 1 is 1.15 bits per heavy atom. The van der Waals surface area contributed by atoms with E-state index in [9.17, 15) is 4.79 Å². The van der Waals surface area contributed by atoms with Crippen LogP contribution in [-0.4, -0.2) is 30.9 Å². The fourth-order valence-electron chi connectivity index (χ4n) is 1.61. The molecule has 0 aliphatic carbocycles. The molecule has 1 saturated heterocycles. The van der Waals surface area contributed by atoms with Gasteiger partial charge in [-0.3, -0.25) is 4.79 Å². The van der Waals surface area contributed by atoms with Gasteiger partial charge in [-0.2, -0.15) is 0 Å². The maximum absolute atomic E-state index is 11.6. The first kappa shape index (κ1) is 17.2. The molecule has 0 atom stereocenters. The molecule has 114 valence electrons. The summed E-state index contributed by atoms with van der Waals surface area (Å²) in [6.07, 6.45) is 2.59. The molecule has 20 heavy (non-hydrogen) atoms. The molecule has 0 aromatic rings. The Balaban J connectivity index is 2.32. The second-order valence-corrected chi connectivity index (χ2v) is 7.23. The van der Waals surface area contributed by atoms with Crippen LogP contribution in [0.15, 0.2) is 12.1 Å². The summed E-state index contributed by atoms with van der Waals surface area (Å²) in [5.74, 6) is 1.70. The van der Waals surface area contributed by atoms with Crippen LogP contribution in [-0.2, 0) is 18.8 Å². The summed E-state index contributed by atoms with van der Waals surface area (Å²) in [7, 11) is -0.335. The summed E-state index contributed by atoms with van der Waals surface area (Å²) in [5.41, 5.74) is -1.09. The molecule has 0 spiro atoms. The molecule has 1 rings (SSSR count). The fraction of sp³-hybridized carbons (Fsp3) is 0.800. The first-order valence-electron chi connectivity index (χ1n) is 7.15. The van der Waals surface area contributed by atoms with Crippen LogP contribution >= 0.6 is 0 Å². The van der Waals surface area contributed by atoms with Crippen molar-refractivity contribution in [3.63, 3.8) is 0 Å². The molecule has 5 heteroatoms. The Hall–Kier alpha value is -0.805. The molecule has 4 nitrogen and oxygen atoms in total. The maximum atomic E-state index is 11.6. The van der Waals surface area contributed by atoms with Gasteiger partial charge in [0.15, 0.2) is 0 Å². The lowest BCUT2D eigenvalue weighted by atomic mass is 9.90. The highest BCUT2D eigenvalue weighted by molar-refractivity contribution is 6.51. The van der Waals surface area contributed by atoms with Crippen molar-refractivity contribution < 1.29 is 18.8 Å². The van der Waals surface area contributed by atoms with Crippen LogP contribution in [0.25, 0.3) is 0 Å². The lowest BCUT2D eigenvalue weighted by Gasteiger charge is -2.32. The van der Waals surface area contributed by atoms with Crippen LogP contribution < -0.4 is 0 Å². The summed E-state index contributed by atoms with van der Waals surface area (Å²) in [5, 5.41) is 0. The maximum Gasteiger partial charge on any atom is 0.486 e. The Morgan fingerprint density at radius 3 is 2.10 bits per heavy atom. The normalized spacial score (nSPS) is 21.4. The summed E-state index contributed by atoms with van der Waals surface area (Å²) in [6, 6.07) is 0. The van der Waals surface area contributed by atoms with E-state index in [4.69, 9.17) is 14.0 Å². The van der Waals surface area contributed by atoms with Crippen molar-refractivity contribution in [3.05, 3.63) is 12.1 Å². The third-order valence-corrected chi connectivity index (χ3v) is 3.69. The second-order valence-electron chi connectivity index (χ2n) is 7.23. The van der Waals surface area contributed by atoms with E-state index in [1.165, 1.54) is 0 Å². The molecule has 0 saturated carbocycles. The van der Waals surface area contributed by atoms with Crippen LogP contribution in [0.5, 0.6) is 0 Å². The SMILES string of the molecule is CC(C)(C)C(=O)OCC/C=C/B1OC(C)(C)C(C)(C)O1. The molecule has 0 aromatic heterocycles. The largest absolute Gasteiger partial charge is 0.486 e. The average Bonchev–Trinajstić information content (AvgIpc) is 2.45. The predicted octanol–water partition coefficient (Wildman–Crippen LogP) is 3.15. The number of esters is 1.